The molecule has 1 fully saturated rings. The second-order valence-corrected chi connectivity index (χ2v) is 6.12. The fourth-order valence-electron chi connectivity index (χ4n) is 2.86. The molecule has 1 aliphatic heterocycles. The summed E-state index contributed by atoms with van der Waals surface area (Å²) in [6, 6.07) is 15.8. The van der Waals surface area contributed by atoms with E-state index in [0.717, 1.165) is 25.3 Å². The van der Waals surface area contributed by atoms with Gasteiger partial charge in [-0.15, -0.1) is 0 Å². The van der Waals surface area contributed by atoms with Gasteiger partial charge in [0.15, 0.2) is 0 Å². The molecule has 2 N–H and O–H groups in total. The van der Waals surface area contributed by atoms with Crippen molar-refractivity contribution in [2.75, 3.05) is 26.2 Å². The van der Waals surface area contributed by atoms with Crippen LogP contribution in [0.1, 0.15) is 11.3 Å². The molecule has 0 unspecified atom stereocenters. The Morgan fingerprint density at radius 2 is 2.08 bits per heavy atom. The molecule has 130 valence electrons. The Balaban J connectivity index is 1.45. The molecule has 2 aromatic rings. The number of piperazine rings is 1. The maximum atomic E-state index is 12.4. The minimum absolute atomic E-state index is 0.0300. The van der Waals surface area contributed by atoms with E-state index in [-0.39, 0.29) is 11.9 Å². The zero-order valence-electron chi connectivity index (χ0n) is 14.3. The number of nitrogens with zero attached hydrogens (tertiary/aromatic N) is 2. The van der Waals surface area contributed by atoms with E-state index >= 15 is 0 Å². The number of amides is 1. The van der Waals surface area contributed by atoms with Gasteiger partial charge in [0, 0.05) is 32.4 Å². The van der Waals surface area contributed by atoms with Crippen LogP contribution in [0, 0.1) is 0 Å². The number of rotatable bonds is 6. The van der Waals surface area contributed by atoms with Crippen molar-refractivity contribution in [2.24, 2.45) is 0 Å². The molecule has 1 aliphatic rings. The fraction of sp³-hybridized carbons (Fsp3) is 0.300. The fourth-order valence-corrected chi connectivity index (χ4v) is 2.86. The topological polar surface area (TPSA) is 57.3 Å². The van der Waals surface area contributed by atoms with Gasteiger partial charge in [-0.05, 0) is 17.7 Å². The Kier molecular flexibility index (Phi) is 6.31. The Hall–Kier alpha value is -2.50. The van der Waals surface area contributed by atoms with Gasteiger partial charge in [0.05, 0.1) is 18.3 Å². The van der Waals surface area contributed by atoms with Crippen molar-refractivity contribution in [1.29, 1.82) is 0 Å². The first-order valence-electron chi connectivity index (χ1n) is 8.66. The second kappa shape index (κ2) is 9.11. The van der Waals surface area contributed by atoms with E-state index < -0.39 is 0 Å². The second-order valence-electron chi connectivity index (χ2n) is 6.12. The summed E-state index contributed by atoms with van der Waals surface area (Å²) in [5, 5.41) is 6.26. The Bertz CT molecular complexity index is 687. The molecule has 1 saturated heterocycles. The van der Waals surface area contributed by atoms with E-state index in [4.69, 9.17) is 0 Å². The molecule has 0 spiro atoms. The lowest BCUT2D eigenvalue weighted by molar-refractivity contribution is -0.124. The van der Waals surface area contributed by atoms with Gasteiger partial charge >= 0.3 is 0 Å². The third kappa shape index (κ3) is 5.52. The van der Waals surface area contributed by atoms with Crippen LogP contribution in [-0.4, -0.2) is 48.0 Å². The average molecular weight is 336 g/mol. The van der Waals surface area contributed by atoms with E-state index in [1.807, 2.05) is 36.4 Å². The molecule has 0 saturated carbocycles. The smallest absolute Gasteiger partial charge is 0.238 e. The highest BCUT2D eigenvalue weighted by Crippen LogP contribution is 2.04. The van der Waals surface area contributed by atoms with E-state index in [2.05, 4.69) is 44.8 Å². The Labute approximate surface area is 148 Å². The van der Waals surface area contributed by atoms with Gasteiger partial charge in [0.1, 0.15) is 0 Å². The van der Waals surface area contributed by atoms with Gasteiger partial charge in [-0.2, -0.15) is 0 Å². The first-order chi connectivity index (χ1) is 12.3. The largest absolute Gasteiger partial charge is 0.349 e. The number of hydrogen-bond acceptors (Lipinski definition) is 4. The lowest BCUT2D eigenvalue weighted by Gasteiger charge is -2.32. The first kappa shape index (κ1) is 17.3. The highest BCUT2D eigenvalue weighted by molar-refractivity contribution is 5.82. The summed E-state index contributed by atoms with van der Waals surface area (Å²) >= 11 is 0. The molecule has 0 bridgehead atoms. The number of carbonyl (C=O) groups excluding carboxylic acids is 1. The first-order valence-corrected chi connectivity index (χ1v) is 8.66. The van der Waals surface area contributed by atoms with Crippen LogP contribution in [0.15, 0.2) is 60.8 Å². The summed E-state index contributed by atoms with van der Waals surface area (Å²) in [5.41, 5.74) is 2.07. The summed E-state index contributed by atoms with van der Waals surface area (Å²) in [7, 11) is 0. The maximum absolute atomic E-state index is 12.4. The number of hydrogen-bond donors (Lipinski definition) is 2. The zero-order valence-corrected chi connectivity index (χ0v) is 14.3. The van der Waals surface area contributed by atoms with Crippen molar-refractivity contribution in [3.63, 3.8) is 0 Å². The Morgan fingerprint density at radius 1 is 1.24 bits per heavy atom. The predicted molar refractivity (Wildman–Crippen MR) is 99.8 cm³/mol. The lowest BCUT2D eigenvalue weighted by atomic mass is 10.1. The molecule has 0 aliphatic carbocycles. The molecule has 0 radical (unpaired) electrons. The van der Waals surface area contributed by atoms with Crippen LogP contribution in [0.25, 0.3) is 6.08 Å². The van der Waals surface area contributed by atoms with E-state index in [1.54, 1.807) is 6.20 Å². The van der Waals surface area contributed by atoms with Crippen molar-refractivity contribution in [1.82, 2.24) is 20.5 Å². The predicted octanol–water partition coefficient (Wildman–Crippen LogP) is 1.68. The molecule has 5 heteroatoms. The van der Waals surface area contributed by atoms with Crippen molar-refractivity contribution in [2.45, 2.75) is 12.6 Å². The molecular weight excluding hydrogens is 312 g/mol. The van der Waals surface area contributed by atoms with Crippen LogP contribution in [0.3, 0.4) is 0 Å². The van der Waals surface area contributed by atoms with E-state index in [9.17, 15) is 4.79 Å². The maximum Gasteiger partial charge on any atom is 0.238 e. The van der Waals surface area contributed by atoms with Crippen molar-refractivity contribution < 1.29 is 4.79 Å². The van der Waals surface area contributed by atoms with Gasteiger partial charge in [-0.25, -0.2) is 0 Å². The molecular formula is C20H24N4O. The number of pyridine rings is 1. The number of carbonyl (C=O) groups is 1. The van der Waals surface area contributed by atoms with Crippen LogP contribution in [0.4, 0.5) is 0 Å². The van der Waals surface area contributed by atoms with Crippen LogP contribution in [-0.2, 0) is 11.3 Å². The SMILES string of the molecule is O=C(NCc1ccccn1)[C@@H]1CN(C/C=C/c2ccccc2)CCN1. The van der Waals surface area contributed by atoms with Gasteiger partial charge < -0.3 is 10.6 Å². The summed E-state index contributed by atoms with van der Waals surface area (Å²) in [5.74, 6) is 0.0300. The highest BCUT2D eigenvalue weighted by atomic mass is 16.2. The standard InChI is InChI=1S/C20H24N4O/c25-20(23-15-18-10-4-5-11-21-18)19-16-24(14-12-22-19)13-6-9-17-7-2-1-3-8-17/h1-11,19,22H,12-16H2,(H,23,25)/b9-6+/t19-/m0/s1. The van der Waals surface area contributed by atoms with Gasteiger partial charge in [0.25, 0.3) is 0 Å². The molecule has 1 amide bonds. The summed E-state index contributed by atoms with van der Waals surface area (Å²) in [6.45, 7) is 3.80. The third-order valence-corrected chi connectivity index (χ3v) is 4.22. The van der Waals surface area contributed by atoms with Crippen molar-refractivity contribution in [3.05, 3.63) is 72.1 Å². The van der Waals surface area contributed by atoms with Crippen molar-refractivity contribution >= 4 is 12.0 Å². The average Bonchev–Trinajstić information content (AvgIpc) is 2.68. The highest BCUT2D eigenvalue weighted by Gasteiger charge is 2.24. The number of benzene rings is 1. The van der Waals surface area contributed by atoms with Crippen molar-refractivity contribution in [3.8, 4) is 0 Å². The van der Waals surface area contributed by atoms with Crippen LogP contribution < -0.4 is 10.6 Å². The van der Waals surface area contributed by atoms with Gasteiger partial charge in [-0.3, -0.25) is 14.7 Å². The summed E-state index contributed by atoms with van der Waals surface area (Å²) < 4.78 is 0. The number of nitrogens with one attached hydrogen (secondary N) is 2. The molecule has 1 aromatic heterocycles. The lowest BCUT2D eigenvalue weighted by Crippen LogP contribution is -2.56. The quantitative estimate of drug-likeness (QED) is 0.843. The van der Waals surface area contributed by atoms with Gasteiger partial charge in [0.2, 0.25) is 5.91 Å². The van der Waals surface area contributed by atoms with E-state index in [1.165, 1.54) is 5.56 Å². The van der Waals surface area contributed by atoms with Crippen LogP contribution >= 0.6 is 0 Å². The summed E-state index contributed by atoms with van der Waals surface area (Å²) in [4.78, 5) is 18.9. The molecule has 2 heterocycles. The monoisotopic (exact) mass is 336 g/mol. The molecule has 25 heavy (non-hydrogen) atoms. The summed E-state index contributed by atoms with van der Waals surface area (Å²) in [6.07, 6.45) is 6.02. The Morgan fingerprint density at radius 3 is 2.88 bits per heavy atom. The van der Waals surface area contributed by atoms with Crippen LogP contribution in [0.5, 0.6) is 0 Å². The minimum Gasteiger partial charge on any atom is -0.349 e. The normalized spacial score (nSPS) is 18.3. The van der Waals surface area contributed by atoms with E-state index in [0.29, 0.717) is 13.1 Å². The molecule has 1 aromatic carbocycles. The zero-order chi connectivity index (χ0) is 17.3. The minimum atomic E-state index is -0.178. The molecule has 5 nitrogen and oxygen atoms in total. The molecule has 1 atom stereocenters. The van der Waals surface area contributed by atoms with Crippen LogP contribution in [0.2, 0.25) is 0 Å². The molecule has 3 rings (SSSR count). The van der Waals surface area contributed by atoms with Gasteiger partial charge in [-0.1, -0.05) is 48.6 Å². The number of aromatic nitrogens is 1. The third-order valence-electron chi connectivity index (χ3n) is 4.22.